The summed E-state index contributed by atoms with van der Waals surface area (Å²) in [5.74, 6) is 0.712. The van der Waals surface area contributed by atoms with Gasteiger partial charge in [0.25, 0.3) is 0 Å². The Bertz CT molecular complexity index is 584. The molecule has 0 saturated carbocycles. The molecule has 3 heteroatoms. The molecule has 2 aromatic rings. The van der Waals surface area contributed by atoms with Crippen LogP contribution in [0.25, 0.3) is 10.9 Å². The van der Waals surface area contributed by atoms with Crippen molar-refractivity contribution in [2.45, 2.75) is 20.3 Å². The normalized spacial score (nSPS) is 10.7. The van der Waals surface area contributed by atoms with E-state index in [1.54, 1.807) is 7.11 Å². The largest absolute Gasteiger partial charge is 0.495 e. The molecule has 0 saturated heterocycles. The van der Waals surface area contributed by atoms with E-state index in [-0.39, 0.29) is 5.43 Å². The third-order valence-corrected chi connectivity index (χ3v) is 2.91. The van der Waals surface area contributed by atoms with Crippen LogP contribution in [-0.2, 0) is 6.42 Å². The van der Waals surface area contributed by atoms with E-state index < -0.39 is 0 Å². The van der Waals surface area contributed by atoms with Crippen LogP contribution in [0.4, 0.5) is 0 Å². The number of methoxy groups -OCH3 is 1. The van der Waals surface area contributed by atoms with Gasteiger partial charge in [0.1, 0.15) is 5.75 Å². The van der Waals surface area contributed by atoms with E-state index in [2.05, 4.69) is 4.98 Å². The third-order valence-electron chi connectivity index (χ3n) is 2.91. The van der Waals surface area contributed by atoms with Crippen molar-refractivity contribution in [2.75, 3.05) is 7.11 Å². The summed E-state index contributed by atoms with van der Waals surface area (Å²) >= 11 is 0. The summed E-state index contributed by atoms with van der Waals surface area (Å²) in [6.07, 6.45) is 0.815. The first-order valence-electron chi connectivity index (χ1n) is 5.37. The fourth-order valence-corrected chi connectivity index (χ4v) is 1.96. The van der Waals surface area contributed by atoms with Crippen LogP contribution < -0.4 is 10.2 Å². The first-order chi connectivity index (χ1) is 7.69. The summed E-state index contributed by atoms with van der Waals surface area (Å²) in [7, 11) is 1.61. The molecule has 2 rings (SSSR count). The fourth-order valence-electron chi connectivity index (χ4n) is 1.96. The third kappa shape index (κ3) is 1.48. The molecule has 0 unspecified atom stereocenters. The monoisotopic (exact) mass is 217 g/mol. The number of ether oxygens (including phenoxy) is 1. The van der Waals surface area contributed by atoms with Crippen molar-refractivity contribution >= 4 is 10.9 Å². The van der Waals surface area contributed by atoms with Crippen LogP contribution in [0.3, 0.4) is 0 Å². The van der Waals surface area contributed by atoms with Gasteiger partial charge in [-0.25, -0.2) is 0 Å². The summed E-state index contributed by atoms with van der Waals surface area (Å²) in [5, 5.41) is 0.689. The number of pyridine rings is 1. The van der Waals surface area contributed by atoms with Gasteiger partial charge in [0.2, 0.25) is 0 Å². The number of rotatable bonds is 2. The van der Waals surface area contributed by atoms with Crippen molar-refractivity contribution in [2.24, 2.45) is 0 Å². The zero-order valence-electron chi connectivity index (χ0n) is 9.76. The van der Waals surface area contributed by atoms with E-state index >= 15 is 0 Å². The number of hydrogen-bond acceptors (Lipinski definition) is 2. The number of fused-ring (bicyclic) bond motifs is 1. The van der Waals surface area contributed by atoms with Crippen LogP contribution in [-0.4, -0.2) is 12.1 Å². The van der Waals surface area contributed by atoms with Gasteiger partial charge in [-0.15, -0.1) is 0 Å². The molecule has 0 aliphatic carbocycles. The fraction of sp³-hybridized carbons (Fsp3) is 0.308. The second kappa shape index (κ2) is 4.00. The van der Waals surface area contributed by atoms with Gasteiger partial charge in [-0.3, -0.25) is 4.79 Å². The summed E-state index contributed by atoms with van der Waals surface area (Å²) in [6, 6.07) is 5.51. The van der Waals surface area contributed by atoms with E-state index in [4.69, 9.17) is 4.74 Å². The molecule has 84 valence electrons. The Hall–Kier alpha value is -1.77. The Morgan fingerprint density at radius 3 is 2.75 bits per heavy atom. The highest BCUT2D eigenvalue weighted by Crippen LogP contribution is 2.22. The minimum Gasteiger partial charge on any atom is -0.495 e. The summed E-state index contributed by atoms with van der Waals surface area (Å²) < 4.78 is 5.25. The average Bonchev–Trinajstić information content (AvgIpc) is 2.33. The van der Waals surface area contributed by atoms with E-state index in [0.717, 1.165) is 23.2 Å². The molecule has 1 aromatic heterocycles. The van der Waals surface area contributed by atoms with Crippen LogP contribution in [0.2, 0.25) is 0 Å². The number of para-hydroxylation sites is 1. The van der Waals surface area contributed by atoms with Crippen molar-refractivity contribution < 1.29 is 4.74 Å². The summed E-state index contributed by atoms with van der Waals surface area (Å²) in [4.78, 5) is 15.4. The minimum absolute atomic E-state index is 0.0875. The molecule has 0 aliphatic rings. The molecule has 0 fully saturated rings. The van der Waals surface area contributed by atoms with Crippen molar-refractivity contribution in [1.29, 1.82) is 0 Å². The quantitative estimate of drug-likeness (QED) is 0.839. The maximum atomic E-state index is 12.1. The van der Waals surface area contributed by atoms with E-state index in [1.165, 1.54) is 0 Å². The zero-order chi connectivity index (χ0) is 11.7. The number of aromatic amines is 1. The maximum absolute atomic E-state index is 12.1. The number of hydrogen-bond donors (Lipinski definition) is 1. The number of H-pyrrole nitrogens is 1. The molecule has 0 atom stereocenters. The Morgan fingerprint density at radius 1 is 1.38 bits per heavy atom. The molecule has 0 bridgehead atoms. The van der Waals surface area contributed by atoms with Gasteiger partial charge in [0.05, 0.1) is 12.6 Å². The van der Waals surface area contributed by atoms with Crippen LogP contribution in [0.1, 0.15) is 18.2 Å². The average molecular weight is 217 g/mol. The SMILES string of the molecule is CCc1[nH]c2c(OC)cccc2c(=O)c1C. The first-order valence-corrected chi connectivity index (χ1v) is 5.37. The molecule has 16 heavy (non-hydrogen) atoms. The number of aromatic nitrogens is 1. The second-order valence-corrected chi connectivity index (χ2v) is 3.79. The lowest BCUT2D eigenvalue weighted by Gasteiger charge is -2.09. The van der Waals surface area contributed by atoms with Crippen molar-refractivity contribution in [3.8, 4) is 5.75 Å². The van der Waals surface area contributed by atoms with Crippen LogP contribution in [0.5, 0.6) is 5.75 Å². The molecule has 1 heterocycles. The molecule has 3 nitrogen and oxygen atoms in total. The lowest BCUT2D eigenvalue weighted by atomic mass is 10.1. The van der Waals surface area contributed by atoms with Gasteiger partial charge in [-0.1, -0.05) is 13.0 Å². The van der Waals surface area contributed by atoms with Crippen LogP contribution >= 0.6 is 0 Å². The molecule has 1 aromatic carbocycles. The topological polar surface area (TPSA) is 42.1 Å². The first kappa shape index (κ1) is 10.7. The van der Waals surface area contributed by atoms with Gasteiger partial charge in [-0.05, 0) is 25.5 Å². The molecular formula is C13H15NO2. The Balaban J connectivity index is 2.92. The predicted octanol–water partition coefficient (Wildman–Crippen LogP) is 2.41. The summed E-state index contributed by atoms with van der Waals surface area (Å²) in [5.41, 5.74) is 2.65. The Morgan fingerprint density at radius 2 is 2.12 bits per heavy atom. The van der Waals surface area contributed by atoms with Crippen molar-refractivity contribution in [3.05, 3.63) is 39.7 Å². The predicted molar refractivity (Wildman–Crippen MR) is 65.2 cm³/mol. The van der Waals surface area contributed by atoms with Gasteiger partial charge in [0, 0.05) is 16.6 Å². The number of aryl methyl sites for hydroxylation is 1. The highest BCUT2D eigenvalue weighted by atomic mass is 16.5. The minimum atomic E-state index is 0.0875. The lowest BCUT2D eigenvalue weighted by Crippen LogP contribution is -2.11. The smallest absolute Gasteiger partial charge is 0.192 e. The molecule has 0 aliphatic heterocycles. The highest BCUT2D eigenvalue weighted by Gasteiger charge is 2.09. The van der Waals surface area contributed by atoms with Gasteiger partial charge in [0.15, 0.2) is 5.43 Å². The molecule has 1 N–H and O–H groups in total. The van der Waals surface area contributed by atoms with Gasteiger partial charge in [-0.2, -0.15) is 0 Å². The van der Waals surface area contributed by atoms with Crippen LogP contribution in [0, 0.1) is 6.92 Å². The Labute approximate surface area is 94.1 Å². The number of benzene rings is 1. The lowest BCUT2D eigenvalue weighted by molar-refractivity contribution is 0.419. The molecule has 0 amide bonds. The van der Waals surface area contributed by atoms with Gasteiger partial charge >= 0.3 is 0 Å². The summed E-state index contributed by atoms with van der Waals surface area (Å²) in [6.45, 7) is 3.89. The molecule has 0 radical (unpaired) electrons. The standard InChI is InChI=1S/C13H15NO2/c1-4-10-8(2)13(15)9-6-5-7-11(16-3)12(9)14-10/h5-7H,4H2,1-3H3,(H,14,15). The second-order valence-electron chi connectivity index (χ2n) is 3.79. The highest BCUT2D eigenvalue weighted by molar-refractivity contribution is 5.85. The maximum Gasteiger partial charge on any atom is 0.192 e. The van der Waals surface area contributed by atoms with E-state index in [9.17, 15) is 4.79 Å². The molecule has 0 spiro atoms. The molecular weight excluding hydrogens is 202 g/mol. The van der Waals surface area contributed by atoms with Gasteiger partial charge < -0.3 is 9.72 Å². The van der Waals surface area contributed by atoms with E-state index in [1.807, 2.05) is 32.0 Å². The Kier molecular flexibility index (Phi) is 2.69. The van der Waals surface area contributed by atoms with E-state index in [0.29, 0.717) is 11.1 Å². The van der Waals surface area contributed by atoms with Crippen molar-refractivity contribution in [1.82, 2.24) is 4.98 Å². The van der Waals surface area contributed by atoms with Crippen molar-refractivity contribution in [3.63, 3.8) is 0 Å². The number of nitrogens with one attached hydrogen (secondary N) is 1. The van der Waals surface area contributed by atoms with Crippen LogP contribution in [0.15, 0.2) is 23.0 Å². The zero-order valence-corrected chi connectivity index (χ0v) is 9.76.